The summed E-state index contributed by atoms with van der Waals surface area (Å²) in [5, 5.41) is 10.4. The van der Waals surface area contributed by atoms with E-state index < -0.39 is 12.1 Å². The third kappa shape index (κ3) is 8.06. The Kier molecular flexibility index (Phi) is 12.2. The zero-order chi connectivity index (χ0) is 43.7. The van der Waals surface area contributed by atoms with E-state index in [0.717, 1.165) is 105 Å². The molecule has 4 aromatic carbocycles. The fraction of sp³-hybridized carbons (Fsp3) is 0.380. The summed E-state index contributed by atoms with van der Waals surface area (Å²) < 4.78 is 4.82. The maximum absolute atomic E-state index is 13.8. The molecule has 12 heteroatoms. The average molecular weight is 835 g/mol. The topological polar surface area (TPSA) is 148 Å². The number of rotatable bonds is 13. The molecule has 4 N–H and O–H groups in total. The van der Waals surface area contributed by atoms with Gasteiger partial charge < -0.3 is 35.1 Å². The van der Waals surface area contributed by atoms with Crippen LogP contribution in [0, 0.1) is 11.8 Å². The molecule has 2 saturated heterocycles. The van der Waals surface area contributed by atoms with Crippen molar-refractivity contribution < 1.29 is 19.1 Å². The molecular formula is C50H58N8O4. The van der Waals surface area contributed by atoms with Crippen LogP contribution in [0.1, 0.15) is 90.5 Å². The van der Waals surface area contributed by atoms with Gasteiger partial charge in [0, 0.05) is 36.3 Å². The van der Waals surface area contributed by atoms with Crippen LogP contribution in [0.25, 0.3) is 55.2 Å². The second-order valence-electron chi connectivity index (χ2n) is 17.3. The summed E-state index contributed by atoms with van der Waals surface area (Å²) in [6.07, 6.45) is 7.22. The van der Waals surface area contributed by atoms with E-state index in [1.165, 1.54) is 7.11 Å². The minimum absolute atomic E-state index is 0.0302. The number of hydrogen-bond donors (Lipinski definition) is 4. The Labute approximate surface area is 363 Å². The molecule has 322 valence electrons. The summed E-state index contributed by atoms with van der Waals surface area (Å²) in [6.45, 7) is 15.9. The molecule has 8 rings (SSSR count). The van der Waals surface area contributed by atoms with Crippen molar-refractivity contribution >= 4 is 39.5 Å². The molecule has 2 fully saturated rings. The van der Waals surface area contributed by atoms with Crippen LogP contribution in [0.5, 0.6) is 0 Å². The lowest BCUT2D eigenvalue weighted by Crippen LogP contribution is -2.51. The lowest BCUT2D eigenvalue weighted by molar-refractivity contribution is -0.135. The monoisotopic (exact) mass is 834 g/mol. The van der Waals surface area contributed by atoms with Gasteiger partial charge in [-0.05, 0) is 70.2 Å². The van der Waals surface area contributed by atoms with Crippen molar-refractivity contribution in [3.63, 3.8) is 0 Å². The van der Waals surface area contributed by atoms with Gasteiger partial charge >= 0.3 is 6.09 Å². The first-order chi connectivity index (χ1) is 30.0. The number of hydrogen-bond acceptors (Lipinski definition) is 7. The predicted molar refractivity (Wildman–Crippen MR) is 245 cm³/mol. The molecule has 62 heavy (non-hydrogen) atoms. The lowest BCUT2D eigenvalue weighted by Gasteiger charge is -2.34. The van der Waals surface area contributed by atoms with Crippen LogP contribution in [0.4, 0.5) is 4.79 Å². The van der Waals surface area contributed by atoms with Gasteiger partial charge in [-0.1, -0.05) is 114 Å². The molecule has 4 heterocycles. The van der Waals surface area contributed by atoms with E-state index in [1.807, 2.05) is 38.1 Å². The maximum atomic E-state index is 13.8. The van der Waals surface area contributed by atoms with Gasteiger partial charge in [0.25, 0.3) is 0 Å². The molecule has 0 bridgehead atoms. The summed E-state index contributed by atoms with van der Waals surface area (Å²) in [4.78, 5) is 59.6. The zero-order valence-corrected chi connectivity index (χ0v) is 36.6. The number of carbonyl (C=O) groups is 3. The van der Waals surface area contributed by atoms with E-state index in [2.05, 4.69) is 119 Å². The van der Waals surface area contributed by atoms with Crippen LogP contribution >= 0.6 is 0 Å². The van der Waals surface area contributed by atoms with Crippen LogP contribution in [0.2, 0.25) is 0 Å². The summed E-state index contributed by atoms with van der Waals surface area (Å²) in [6, 6.07) is 24.7. The number of H-pyrrole nitrogens is 2. The van der Waals surface area contributed by atoms with Crippen LogP contribution in [0.3, 0.4) is 0 Å². The summed E-state index contributed by atoms with van der Waals surface area (Å²) >= 11 is 0. The number of carbonyl (C=O) groups excluding carboxylic acids is 3. The first kappa shape index (κ1) is 42.3. The van der Waals surface area contributed by atoms with Crippen LogP contribution in [-0.2, 0) is 14.3 Å². The highest BCUT2D eigenvalue weighted by Crippen LogP contribution is 2.42. The second-order valence-corrected chi connectivity index (χ2v) is 17.3. The number of nitrogens with zero attached hydrogens (tertiary/aromatic N) is 4. The van der Waals surface area contributed by atoms with Gasteiger partial charge in [0.05, 0.1) is 49.0 Å². The SMILES string of the molecule is C=C([C@@H](NC(=O)CC)C(C)C)N1CCC[C@H]1c1ncc(-c2ccc(-c3ccc(-c4cnc([C@@H]5CCCN5C(=O)[C@@H](NC(=O)OC)C(C)C)[nH]4)c4ccccc34)c3ccccc23)[nH]1. The number of amides is 3. The molecular weight excluding hydrogens is 777 g/mol. The number of benzene rings is 4. The number of nitrogens with one attached hydrogen (secondary N) is 4. The highest BCUT2D eigenvalue weighted by Gasteiger charge is 2.38. The molecule has 0 radical (unpaired) electrons. The Morgan fingerprint density at radius 1 is 0.694 bits per heavy atom. The number of alkyl carbamates (subject to hydrolysis) is 1. The molecule has 3 amide bonds. The van der Waals surface area contributed by atoms with E-state index in [9.17, 15) is 14.4 Å². The highest BCUT2D eigenvalue weighted by atomic mass is 16.5. The second kappa shape index (κ2) is 17.9. The Balaban J connectivity index is 1.08. The molecule has 2 aliphatic rings. The largest absolute Gasteiger partial charge is 0.453 e. The molecule has 6 aromatic rings. The minimum Gasteiger partial charge on any atom is -0.453 e. The smallest absolute Gasteiger partial charge is 0.407 e. The first-order valence-electron chi connectivity index (χ1n) is 22.0. The van der Waals surface area contributed by atoms with Crippen molar-refractivity contribution in [3.05, 3.63) is 109 Å². The Morgan fingerprint density at radius 3 is 1.61 bits per heavy atom. The number of imidazole rings is 2. The van der Waals surface area contributed by atoms with Crippen molar-refractivity contribution in [1.29, 1.82) is 0 Å². The molecule has 0 aliphatic carbocycles. The lowest BCUT2D eigenvalue weighted by atomic mass is 9.89. The van der Waals surface area contributed by atoms with E-state index in [4.69, 9.17) is 14.7 Å². The Morgan fingerprint density at radius 2 is 1.15 bits per heavy atom. The van der Waals surface area contributed by atoms with E-state index in [-0.39, 0.29) is 41.8 Å². The number of ether oxygens (including phenoxy) is 1. The van der Waals surface area contributed by atoms with E-state index in [1.54, 1.807) is 0 Å². The predicted octanol–water partition coefficient (Wildman–Crippen LogP) is 9.69. The maximum Gasteiger partial charge on any atom is 0.407 e. The average Bonchev–Trinajstić information content (AvgIpc) is 4.13. The van der Waals surface area contributed by atoms with Crippen molar-refractivity contribution in [2.75, 3.05) is 20.2 Å². The summed E-state index contributed by atoms with van der Waals surface area (Å²) in [7, 11) is 1.30. The van der Waals surface area contributed by atoms with Crippen molar-refractivity contribution in [1.82, 2.24) is 40.4 Å². The van der Waals surface area contributed by atoms with Crippen LogP contribution < -0.4 is 10.6 Å². The molecule has 0 spiro atoms. The molecule has 2 aliphatic heterocycles. The van der Waals surface area contributed by atoms with Gasteiger partial charge in [0.15, 0.2) is 0 Å². The molecule has 0 saturated carbocycles. The van der Waals surface area contributed by atoms with E-state index in [0.29, 0.717) is 13.0 Å². The Hall–Kier alpha value is -6.43. The summed E-state index contributed by atoms with van der Waals surface area (Å²) in [5.74, 6) is 1.62. The van der Waals surface area contributed by atoms with E-state index >= 15 is 0 Å². The van der Waals surface area contributed by atoms with Crippen molar-refractivity contribution in [3.8, 4) is 33.6 Å². The quantitative estimate of drug-likeness (QED) is 0.0906. The minimum atomic E-state index is -0.699. The van der Waals surface area contributed by atoms with Gasteiger partial charge in [0.1, 0.15) is 17.7 Å². The summed E-state index contributed by atoms with van der Waals surface area (Å²) in [5.41, 5.74) is 7.11. The van der Waals surface area contributed by atoms with Gasteiger partial charge in [0.2, 0.25) is 11.8 Å². The van der Waals surface area contributed by atoms with Crippen molar-refractivity contribution in [2.45, 2.75) is 90.9 Å². The zero-order valence-electron chi connectivity index (χ0n) is 36.6. The number of fused-ring (bicyclic) bond motifs is 2. The van der Waals surface area contributed by atoms with Crippen molar-refractivity contribution in [2.24, 2.45) is 11.8 Å². The number of methoxy groups -OCH3 is 1. The number of aromatic nitrogens is 4. The van der Waals surface area contributed by atoms with Gasteiger partial charge in [-0.3, -0.25) is 9.59 Å². The van der Waals surface area contributed by atoms with Gasteiger partial charge in [-0.2, -0.15) is 0 Å². The van der Waals surface area contributed by atoms with Crippen LogP contribution in [0.15, 0.2) is 97.5 Å². The Bertz CT molecular complexity index is 2450. The van der Waals surface area contributed by atoms with Gasteiger partial charge in [-0.25, -0.2) is 14.8 Å². The third-order valence-electron chi connectivity index (χ3n) is 12.8. The number of aromatic amines is 2. The highest BCUT2D eigenvalue weighted by molar-refractivity contribution is 6.11. The van der Waals surface area contributed by atoms with Crippen LogP contribution in [-0.4, -0.2) is 79.9 Å². The first-order valence-corrected chi connectivity index (χ1v) is 22.0. The molecule has 0 unspecified atom stereocenters. The fourth-order valence-corrected chi connectivity index (χ4v) is 9.50. The normalized spacial score (nSPS) is 17.5. The standard InChI is InChI=1S/C50H58N8O4/c1-8-44(59)55-45(29(2)3)31(6)57-25-13-19-42(57)47-51-27-40(53-47)38-23-21-36(32-15-9-11-17-34(32)38)37-22-24-39(35-18-12-10-16-33(35)37)41-28-52-48(54-41)43-20-14-26-58(43)49(60)46(30(4)5)56-50(61)62-7/h9-12,15-18,21-24,27-30,42-43,45-46H,6,8,13-14,19-20,25-26H2,1-5,7H3,(H,51,53)(H,52,54)(H,55,59)(H,56,61)/t42-,43-,45-,46-/m0/s1. The fourth-order valence-electron chi connectivity index (χ4n) is 9.50. The number of likely N-dealkylation sites (tertiary alicyclic amines) is 2. The molecule has 2 aromatic heterocycles. The molecule has 12 nitrogen and oxygen atoms in total. The third-order valence-corrected chi connectivity index (χ3v) is 12.8. The molecule has 4 atom stereocenters. The van der Waals surface area contributed by atoms with Gasteiger partial charge in [-0.15, -0.1) is 0 Å².